The van der Waals surface area contributed by atoms with E-state index in [4.69, 9.17) is 5.73 Å². The first-order valence-corrected chi connectivity index (χ1v) is 6.56. The molecule has 17 heavy (non-hydrogen) atoms. The van der Waals surface area contributed by atoms with Gasteiger partial charge in [0.25, 0.3) is 0 Å². The van der Waals surface area contributed by atoms with Gasteiger partial charge >= 0.3 is 0 Å². The molecule has 1 aliphatic heterocycles. The summed E-state index contributed by atoms with van der Waals surface area (Å²) in [5.41, 5.74) is 7.45. The second-order valence-corrected chi connectivity index (χ2v) is 5.93. The summed E-state index contributed by atoms with van der Waals surface area (Å²) < 4.78 is 0. The van der Waals surface area contributed by atoms with Gasteiger partial charge in [-0.15, -0.1) is 0 Å². The largest absolute Gasteiger partial charge is 0.321 e. The highest BCUT2D eigenvalue weighted by Gasteiger charge is 2.31. The lowest BCUT2D eigenvalue weighted by molar-refractivity contribution is 0.251. The van der Waals surface area contributed by atoms with E-state index in [0.29, 0.717) is 0 Å². The maximum atomic E-state index is 6.47. The maximum absolute atomic E-state index is 6.47. The van der Waals surface area contributed by atoms with Crippen molar-refractivity contribution in [1.29, 1.82) is 0 Å². The van der Waals surface area contributed by atoms with E-state index in [1.165, 1.54) is 18.7 Å². The normalized spacial score (nSPS) is 29.2. The van der Waals surface area contributed by atoms with E-state index in [9.17, 15) is 0 Å². The predicted molar refractivity (Wildman–Crippen MR) is 72.7 cm³/mol. The zero-order valence-corrected chi connectivity index (χ0v) is 11.2. The van der Waals surface area contributed by atoms with Gasteiger partial charge in [-0.3, -0.25) is 0 Å². The zero-order chi connectivity index (χ0) is 12.5. The molecule has 94 valence electrons. The Morgan fingerprint density at radius 2 is 1.71 bits per heavy atom. The average Bonchev–Trinajstić information content (AvgIpc) is 2.58. The minimum Gasteiger partial charge on any atom is -0.321 e. The van der Waals surface area contributed by atoms with E-state index in [0.717, 1.165) is 18.4 Å². The molecule has 3 atom stereocenters. The van der Waals surface area contributed by atoms with E-state index in [1.807, 2.05) is 6.07 Å². The highest BCUT2D eigenvalue weighted by atomic mass is 15.2. The van der Waals surface area contributed by atoms with Crippen LogP contribution in [-0.2, 0) is 5.54 Å². The molecule has 0 radical (unpaired) electrons. The third kappa shape index (κ3) is 2.88. The van der Waals surface area contributed by atoms with Crippen molar-refractivity contribution in [2.24, 2.45) is 17.6 Å². The highest BCUT2D eigenvalue weighted by Crippen LogP contribution is 2.26. The molecule has 0 amide bonds. The molecule has 2 nitrogen and oxygen atoms in total. The molecule has 0 bridgehead atoms. The molecule has 2 N–H and O–H groups in total. The van der Waals surface area contributed by atoms with Crippen molar-refractivity contribution in [3.05, 3.63) is 35.9 Å². The average molecular weight is 232 g/mol. The van der Waals surface area contributed by atoms with E-state index in [2.05, 4.69) is 49.9 Å². The number of benzene rings is 1. The lowest BCUT2D eigenvalue weighted by Crippen LogP contribution is -2.44. The molecular formula is C15H24N2. The van der Waals surface area contributed by atoms with E-state index < -0.39 is 0 Å². The van der Waals surface area contributed by atoms with Crippen molar-refractivity contribution in [3.8, 4) is 0 Å². The van der Waals surface area contributed by atoms with Gasteiger partial charge in [0.15, 0.2) is 0 Å². The van der Waals surface area contributed by atoms with Crippen LogP contribution in [0.4, 0.5) is 0 Å². The molecule has 3 unspecified atom stereocenters. The van der Waals surface area contributed by atoms with Crippen molar-refractivity contribution in [2.75, 3.05) is 19.6 Å². The lowest BCUT2D eigenvalue weighted by atomic mass is 9.93. The SMILES string of the molecule is CC1CN(CC(C)(N)c2ccccc2)CC1C. The fraction of sp³-hybridized carbons (Fsp3) is 0.600. The standard InChI is InChI=1S/C15H24N2/c1-12-9-17(10-13(12)2)11-15(3,16)14-7-5-4-6-8-14/h4-8,12-13H,9-11,16H2,1-3H3. The number of nitrogens with zero attached hydrogens (tertiary/aromatic N) is 1. The first kappa shape index (κ1) is 12.6. The molecular weight excluding hydrogens is 208 g/mol. The highest BCUT2D eigenvalue weighted by molar-refractivity contribution is 5.23. The fourth-order valence-corrected chi connectivity index (χ4v) is 2.75. The van der Waals surface area contributed by atoms with E-state index in [-0.39, 0.29) is 5.54 Å². The van der Waals surface area contributed by atoms with Gasteiger partial charge in [-0.05, 0) is 24.3 Å². The van der Waals surface area contributed by atoms with Crippen LogP contribution in [-0.4, -0.2) is 24.5 Å². The Kier molecular flexibility index (Phi) is 3.55. The first-order chi connectivity index (χ1) is 7.99. The number of rotatable bonds is 3. The van der Waals surface area contributed by atoms with Gasteiger partial charge in [0.2, 0.25) is 0 Å². The molecule has 1 fully saturated rings. The summed E-state index contributed by atoms with van der Waals surface area (Å²) in [6.45, 7) is 10.1. The fourth-order valence-electron chi connectivity index (χ4n) is 2.75. The number of hydrogen-bond donors (Lipinski definition) is 1. The number of nitrogens with two attached hydrogens (primary N) is 1. The third-order valence-electron chi connectivity index (χ3n) is 4.05. The monoisotopic (exact) mass is 232 g/mol. The smallest absolute Gasteiger partial charge is 0.0509 e. The quantitative estimate of drug-likeness (QED) is 0.867. The van der Waals surface area contributed by atoms with E-state index in [1.54, 1.807) is 0 Å². The van der Waals surface area contributed by atoms with Crippen molar-refractivity contribution in [2.45, 2.75) is 26.3 Å². The Morgan fingerprint density at radius 1 is 1.18 bits per heavy atom. The van der Waals surface area contributed by atoms with Crippen LogP contribution in [0.3, 0.4) is 0 Å². The van der Waals surface area contributed by atoms with Crippen molar-refractivity contribution >= 4 is 0 Å². The summed E-state index contributed by atoms with van der Waals surface area (Å²) >= 11 is 0. The van der Waals surface area contributed by atoms with Crippen LogP contribution in [0.2, 0.25) is 0 Å². The van der Waals surface area contributed by atoms with Crippen LogP contribution in [0.15, 0.2) is 30.3 Å². The zero-order valence-electron chi connectivity index (χ0n) is 11.2. The molecule has 1 heterocycles. The lowest BCUT2D eigenvalue weighted by Gasteiger charge is -2.30. The van der Waals surface area contributed by atoms with Gasteiger partial charge in [0.1, 0.15) is 0 Å². The van der Waals surface area contributed by atoms with Crippen molar-refractivity contribution in [3.63, 3.8) is 0 Å². The molecule has 1 aromatic carbocycles. The molecule has 2 heteroatoms. The Hall–Kier alpha value is -0.860. The molecule has 1 saturated heterocycles. The van der Waals surface area contributed by atoms with Crippen molar-refractivity contribution < 1.29 is 0 Å². The number of hydrogen-bond acceptors (Lipinski definition) is 2. The van der Waals surface area contributed by atoms with Gasteiger partial charge < -0.3 is 10.6 Å². The summed E-state index contributed by atoms with van der Waals surface area (Å²) in [6.07, 6.45) is 0. The summed E-state index contributed by atoms with van der Waals surface area (Å²) in [4.78, 5) is 2.50. The molecule has 1 aliphatic rings. The molecule has 0 saturated carbocycles. The Labute approximate surface area is 105 Å². The van der Waals surface area contributed by atoms with Gasteiger partial charge in [-0.25, -0.2) is 0 Å². The van der Waals surface area contributed by atoms with Gasteiger partial charge in [0, 0.05) is 19.6 Å². The third-order valence-corrected chi connectivity index (χ3v) is 4.05. The van der Waals surface area contributed by atoms with Gasteiger partial charge in [0.05, 0.1) is 5.54 Å². The van der Waals surface area contributed by atoms with Crippen LogP contribution in [0, 0.1) is 11.8 Å². The minimum atomic E-state index is -0.245. The summed E-state index contributed by atoms with van der Waals surface area (Å²) in [5, 5.41) is 0. The second-order valence-electron chi connectivity index (χ2n) is 5.93. The molecule has 0 aromatic heterocycles. The van der Waals surface area contributed by atoms with Crippen LogP contribution >= 0.6 is 0 Å². The van der Waals surface area contributed by atoms with Gasteiger partial charge in [-0.1, -0.05) is 44.2 Å². The summed E-state index contributed by atoms with van der Waals surface area (Å²) in [6, 6.07) is 10.4. The maximum Gasteiger partial charge on any atom is 0.0509 e. The second kappa shape index (κ2) is 4.79. The summed E-state index contributed by atoms with van der Waals surface area (Å²) in [5.74, 6) is 1.59. The van der Waals surface area contributed by atoms with Crippen LogP contribution in [0.1, 0.15) is 26.3 Å². The van der Waals surface area contributed by atoms with Crippen LogP contribution in [0.5, 0.6) is 0 Å². The van der Waals surface area contributed by atoms with E-state index >= 15 is 0 Å². The molecule has 0 aliphatic carbocycles. The van der Waals surface area contributed by atoms with Crippen LogP contribution in [0.25, 0.3) is 0 Å². The Bertz CT molecular complexity index is 348. The topological polar surface area (TPSA) is 29.3 Å². The Balaban J connectivity index is 2.03. The molecule has 0 spiro atoms. The molecule has 1 aromatic rings. The molecule has 2 rings (SSSR count). The Morgan fingerprint density at radius 3 is 2.24 bits per heavy atom. The first-order valence-electron chi connectivity index (χ1n) is 6.56. The minimum absolute atomic E-state index is 0.245. The van der Waals surface area contributed by atoms with Gasteiger partial charge in [-0.2, -0.15) is 0 Å². The predicted octanol–water partition coefficient (Wildman–Crippen LogP) is 2.45. The van der Waals surface area contributed by atoms with Crippen LogP contribution < -0.4 is 5.73 Å². The number of likely N-dealkylation sites (tertiary alicyclic amines) is 1. The van der Waals surface area contributed by atoms with Crippen molar-refractivity contribution in [1.82, 2.24) is 4.90 Å². The summed E-state index contributed by atoms with van der Waals surface area (Å²) in [7, 11) is 0.